The van der Waals surface area contributed by atoms with Crippen LogP contribution in [-0.4, -0.2) is 36.1 Å². The van der Waals surface area contributed by atoms with Gasteiger partial charge >= 0.3 is 0 Å². The molecule has 0 saturated carbocycles. The number of piperidine rings is 1. The van der Waals surface area contributed by atoms with Crippen LogP contribution < -0.4 is 4.74 Å². The van der Waals surface area contributed by atoms with Crippen molar-refractivity contribution in [2.24, 2.45) is 0 Å². The van der Waals surface area contributed by atoms with Gasteiger partial charge in [0.05, 0.1) is 7.11 Å². The highest BCUT2D eigenvalue weighted by molar-refractivity contribution is 5.86. The molecule has 1 saturated heterocycles. The van der Waals surface area contributed by atoms with Crippen molar-refractivity contribution in [2.45, 2.75) is 51.0 Å². The van der Waals surface area contributed by atoms with Gasteiger partial charge in [-0.3, -0.25) is 4.90 Å². The third-order valence-corrected chi connectivity index (χ3v) is 5.64. The topological polar surface area (TPSA) is 28.3 Å². The Labute approximate surface area is 132 Å². The summed E-state index contributed by atoms with van der Waals surface area (Å²) in [4.78, 5) is 6.52. The number of H-pyrrole nitrogens is 1. The van der Waals surface area contributed by atoms with Gasteiger partial charge in [-0.2, -0.15) is 0 Å². The van der Waals surface area contributed by atoms with Gasteiger partial charge in [-0.25, -0.2) is 0 Å². The first kappa shape index (κ1) is 14.1. The zero-order valence-electron chi connectivity index (χ0n) is 13.7. The predicted octanol–water partition coefficient (Wildman–Crippen LogP) is 4.08. The molecule has 0 spiro atoms. The van der Waals surface area contributed by atoms with E-state index in [1.807, 2.05) is 0 Å². The van der Waals surface area contributed by atoms with Crippen LogP contribution in [0, 0.1) is 0 Å². The molecule has 1 fully saturated rings. The summed E-state index contributed by atoms with van der Waals surface area (Å²) in [6.07, 6.45) is 6.43. The number of fused-ring (bicyclic) bond motifs is 6. The maximum atomic E-state index is 5.44. The normalized spacial score (nSPS) is 27.5. The fourth-order valence-corrected chi connectivity index (χ4v) is 4.64. The zero-order chi connectivity index (χ0) is 15.1. The lowest BCUT2D eigenvalue weighted by Gasteiger charge is -2.39. The lowest BCUT2D eigenvalue weighted by Crippen LogP contribution is -2.43. The Morgan fingerprint density at radius 2 is 2.23 bits per heavy atom. The molecule has 0 aliphatic carbocycles. The molecule has 3 heterocycles. The van der Waals surface area contributed by atoms with E-state index >= 15 is 0 Å². The molecule has 3 heteroatoms. The molecule has 1 N–H and O–H groups in total. The fraction of sp³-hybridized carbons (Fsp3) is 0.579. The van der Waals surface area contributed by atoms with Crippen molar-refractivity contribution in [3.05, 3.63) is 29.5 Å². The third kappa shape index (κ3) is 2.14. The lowest BCUT2D eigenvalue weighted by atomic mass is 9.84. The first-order valence-corrected chi connectivity index (χ1v) is 8.74. The van der Waals surface area contributed by atoms with Crippen LogP contribution in [0.2, 0.25) is 0 Å². The highest BCUT2D eigenvalue weighted by atomic mass is 16.5. The van der Waals surface area contributed by atoms with Gasteiger partial charge in [0.25, 0.3) is 0 Å². The summed E-state index contributed by atoms with van der Waals surface area (Å²) in [6.45, 7) is 4.81. The van der Waals surface area contributed by atoms with Crippen LogP contribution in [0.25, 0.3) is 10.9 Å². The van der Waals surface area contributed by atoms with Crippen LogP contribution in [0.3, 0.4) is 0 Å². The van der Waals surface area contributed by atoms with Crippen molar-refractivity contribution < 1.29 is 4.74 Å². The number of ether oxygens (including phenoxy) is 1. The minimum Gasteiger partial charge on any atom is -0.497 e. The summed E-state index contributed by atoms with van der Waals surface area (Å²) < 4.78 is 5.44. The number of rotatable bonds is 3. The van der Waals surface area contributed by atoms with Crippen molar-refractivity contribution in [3.63, 3.8) is 0 Å². The minimum atomic E-state index is 0.685. The molecule has 4 rings (SSSR count). The largest absolute Gasteiger partial charge is 0.497 e. The van der Waals surface area contributed by atoms with Gasteiger partial charge in [-0.05, 0) is 56.0 Å². The Bertz CT molecular complexity index is 675. The van der Waals surface area contributed by atoms with E-state index in [1.54, 1.807) is 12.7 Å². The molecular formula is C19H26N2O. The number of nitrogens with one attached hydrogen (secondary N) is 1. The summed E-state index contributed by atoms with van der Waals surface area (Å²) in [6, 6.07) is 7.19. The Hall–Kier alpha value is -1.48. The highest BCUT2D eigenvalue weighted by Gasteiger charge is 2.36. The molecule has 1 aromatic heterocycles. The number of aromatic amines is 1. The Kier molecular flexibility index (Phi) is 3.61. The third-order valence-electron chi connectivity index (χ3n) is 5.64. The van der Waals surface area contributed by atoms with Gasteiger partial charge in [0.2, 0.25) is 0 Å². The number of hydrogen-bond acceptors (Lipinski definition) is 2. The Balaban J connectivity index is 1.84. The zero-order valence-corrected chi connectivity index (χ0v) is 13.7. The van der Waals surface area contributed by atoms with E-state index in [1.165, 1.54) is 61.8 Å². The molecule has 2 aliphatic heterocycles. The van der Waals surface area contributed by atoms with Crippen LogP contribution in [0.15, 0.2) is 18.2 Å². The van der Waals surface area contributed by atoms with Crippen LogP contribution in [0.4, 0.5) is 0 Å². The molecule has 2 aliphatic rings. The van der Waals surface area contributed by atoms with Crippen molar-refractivity contribution in [3.8, 4) is 5.75 Å². The van der Waals surface area contributed by atoms with Gasteiger partial charge in [-0.15, -0.1) is 0 Å². The highest BCUT2D eigenvalue weighted by Crippen LogP contribution is 2.41. The maximum Gasteiger partial charge on any atom is 0.119 e. The van der Waals surface area contributed by atoms with Gasteiger partial charge in [0.15, 0.2) is 0 Å². The standard InChI is InChI=1S/C19H26N2O/c1-3-5-18-15-6-4-10-21(18)11-9-14-16-12-13(22-2)7-8-17(16)20-19(14)15/h7-8,12,15,18,20H,3-6,9-11H2,1-2H3/t15-,18?/m1/s1. The smallest absolute Gasteiger partial charge is 0.119 e. The van der Waals surface area contributed by atoms with E-state index in [4.69, 9.17) is 4.74 Å². The van der Waals surface area contributed by atoms with Crippen molar-refractivity contribution in [1.82, 2.24) is 9.88 Å². The molecule has 3 atom stereocenters. The number of nitrogens with zero attached hydrogens (tertiary/aromatic N) is 1. The monoisotopic (exact) mass is 298 g/mol. The molecule has 118 valence electrons. The second-order valence-corrected chi connectivity index (χ2v) is 6.82. The molecule has 1 unspecified atom stereocenters. The Morgan fingerprint density at radius 3 is 3.05 bits per heavy atom. The summed E-state index contributed by atoms with van der Waals surface area (Å²) in [7, 11) is 1.75. The molecule has 2 bridgehead atoms. The van der Waals surface area contributed by atoms with Crippen LogP contribution in [0.5, 0.6) is 5.75 Å². The number of aromatic nitrogens is 1. The van der Waals surface area contributed by atoms with E-state index in [2.05, 4.69) is 35.0 Å². The van der Waals surface area contributed by atoms with E-state index in [0.29, 0.717) is 5.92 Å². The number of hydrogen-bond donors (Lipinski definition) is 1. The molecule has 2 aromatic rings. The summed E-state index contributed by atoms with van der Waals surface area (Å²) in [5.74, 6) is 1.65. The first-order valence-electron chi connectivity index (χ1n) is 8.74. The van der Waals surface area contributed by atoms with Gasteiger partial charge in [0.1, 0.15) is 5.75 Å². The summed E-state index contributed by atoms with van der Waals surface area (Å²) >= 11 is 0. The van der Waals surface area contributed by atoms with E-state index in [0.717, 1.165) is 11.8 Å². The van der Waals surface area contributed by atoms with Crippen molar-refractivity contribution >= 4 is 10.9 Å². The lowest BCUT2D eigenvalue weighted by molar-refractivity contribution is 0.125. The molecule has 0 amide bonds. The van der Waals surface area contributed by atoms with Crippen molar-refractivity contribution in [1.29, 1.82) is 0 Å². The van der Waals surface area contributed by atoms with Gasteiger partial charge in [0, 0.05) is 35.1 Å². The van der Waals surface area contributed by atoms with Crippen LogP contribution in [0.1, 0.15) is 49.8 Å². The Morgan fingerprint density at radius 1 is 1.32 bits per heavy atom. The maximum absolute atomic E-state index is 5.44. The van der Waals surface area contributed by atoms with E-state index < -0.39 is 0 Å². The average Bonchev–Trinajstić information content (AvgIpc) is 2.88. The second kappa shape index (κ2) is 5.62. The molecule has 22 heavy (non-hydrogen) atoms. The molecule has 3 nitrogen and oxygen atoms in total. The molecular weight excluding hydrogens is 272 g/mol. The summed E-state index contributed by atoms with van der Waals surface area (Å²) in [5, 5.41) is 1.37. The minimum absolute atomic E-state index is 0.685. The van der Waals surface area contributed by atoms with E-state index in [-0.39, 0.29) is 0 Å². The van der Waals surface area contributed by atoms with E-state index in [9.17, 15) is 0 Å². The second-order valence-electron chi connectivity index (χ2n) is 6.82. The first-order chi connectivity index (χ1) is 10.8. The average molecular weight is 298 g/mol. The number of methoxy groups -OCH3 is 1. The van der Waals surface area contributed by atoms with Crippen LogP contribution in [-0.2, 0) is 6.42 Å². The van der Waals surface area contributed by atoms with Gasteiger partial charge < -0.3 is 9.72 Å². The predicted molar refractivity (Wildman–Crippen MR) is 90.8 cm³/mol. The van der Waals surface area contributed by atoms with Gasteiger partial charge in [-0.1, -0.05) is 13.3 Å². The van der Waals surface area contributed by atoms with Crippen molar-refractivity contribution in [2.75, 3.05) is 20.2 Å². The molecule has 1 aromatic carbocycles. The fourth-order valence-electron chi connectivity index (χ4n) is 4.64. The molecule has 0 radical (unpaired) electrons. The van der Waals surface area contributed by atoms with Crippen LogP contribution >= 0.6 is 0 Å². The SMILES string of the molecule is CCCC1[C@H]2CCC[N@]1CCc1c2[nH]c2ccc(OC)cc12. The summed E-state index contributed by atoms with van der Waals surface area (Å²) in [5.41, 5.74) is 4.34. The quantitative estimate of drug-likeness (QED) is 0.925. The number of benzene rings is 1.